The number of carbonyl (C=O) groups excluding carboxylic acids is 1. The predicted molar refractivity (Wildman–Crippen MR) is 79.2 cm³/mol. The van der Waals surface area contributed by atoms with E-state index >= 15 is 0 Å². The Morgan fingerprint density at radius 1 is 1.33 bits per heavy atom. The molecule has 3 rings (SSSR count). The number of carbonyl (C=O) groups is 2. The molecule has 2 N–H and O–H groups in total. The van der Waals surface area contributed by atoms with Gasteiger partial charge in [0, 0.05) is 11.1 Å². The molecule has 7 heteroatoms. The number of hydrogen-bond donors (Lipinski definition) is 2. The monoisotopic (exact) mass is 301 g/mol. The third kappa shape index (κ3) is 2.38. The number of carboxylic acid groups (broad SMARTS) is 1. The number of aromatic nitrogens is 2. The first-order chi connectivity index (χ1) is 10.1. The predicted octanol–water partition coefficient (Wildman–Crippen LogP) is 2.65. The third-order valence-corrected chi connectivity index (χ3v) is 3.95. The van der Waals surface area contributed by atoms with Crippen molar-refractivity contribution >= 4 is 33.7 Å². The van der Waals surface area contributed by atoms with Crippen LogP contribution in [0.2, 0.25) is 0 Å². The molecule has 3 aromatic heterocycles. The van der Waals surface area contributed by atoms with E-state index in [-0.39, 0.29) is 11.5 Å². The van der Waals surface area contributed by atoms with Crippen LogP contribution in [0.25, 0.3) is 5.52 Å². The van der Waals surface area contributed by atoms with Crippen LogP contribution in [0.5, 0.6) is 0 Å². The number of pyridine rings is 1. The molecule has 0 aliphatic carbocycles. The highest BCUT2D eigenvalue weighted by atomic mass is 32.1. The highest BCUT2D eigenvalue weighted by Gasteiger charge is 2.18. The molecular weight excluding hydrogens is 290 g/mol. The molecule has 1 amide bonds. The van der Waals surface area contributed by atoms with E-state index in [1.807, 2.05) is 12.1 Å². The zero-order chi connectivity index (χ0) is 15.0. The molecule has 0 aromatic carbocycles. The Kier molecular flexibility index (Phi) is 3.19. The van der Waals surface area contributed by atoms with Gasteiger partial charge >= 0.3 is 5.97 Å². The number of fused-ring (bicyclic) bond motifs is 1. The quantitative estimate of drug-likeness (QED) is 0.779. The van der Waals surface area contributed by atoms with Gasteiger partial charge in [0.2, 0.25) is 0 Å². The summed E-state index contributed by atoms with van der Waals surface area (Å²) in [6.45, 7) is 1.79. The van der Waals surface area contributed by atoms with Crippen molar-refractivity contribution in [2.24, 2.45) is 0 Å². The van der Waals surface area contributed by atoms with Gasteiger partial charge in [-0.2, -0.15) is 5.10 Å². The molecule has 0 aliphatic heterocycles. The lowest BCUT2D eigenvalue weighted by atomic mass is 10.2. The lowest BCUT2D eigenvalue weighted by Crippen LogP contribution is -2.12. The van der Waals surface area contributed by atoms with Crippen molar-refractivity contribution in [3.63, 3.8) is 0 Å². The van der Waals surface area contributed by atoms with Crippen LogP contribution < -0.4 is 5.32 Å². The van der Waals surface area contributed by atoms with Gasteiger partial charge in [-0.25, -0.2) is 9.31 Å². The van der Waals surface area contributed by atoms with E-state index in [1.54, 1.807) is 29.8 Å². The molecule has 6 nitrogen and oxygen atoms in total. The Morgan fingerprint density at radius 2 is 2.14 bits per heavy atom. The van der Waals surface area contributed by atoms with Crippen molar-refractivity contribution in [3.05, 3.63) is 52.7 Å². The molecule has 0 fully saturated rings. The van der Waals surface area contributed by atoms with E-state index in [0.717, 1.165) is 4.88 Å². The highest BCUT2D eigenvalue weighted by molar-refractivity contribution is 7.16. The second kappa shape index (κ2) is 5.02. The van der Waals surface area contributed by atoms with E-state index in [9.17, 15) is 9.59 Å². The third-order valence-electron chi connectivity index (χ3n) is 2.98. The summed E-state index contributed by atoms with van der Waals surface area (Å²) in [4.78, 5) is 24.3. The summed E-state index contributed by atoms with van der Waals surface area (Å²) in [5, 5.41) is 16.2. The van der Waals surface area contributed by atoms with Gasteiger partial charge in [-0.1, -0.05) is 6.07 Å². The highest BCUT2D eigenvalue weighted by Crippen LogP contribution is 2.28. The number of anilines is 1. The van der Waals surface area contributed by atoms with E-state index < -0.39 is 5.97 Å². The van der Waals surface area contributed by atoms with Crippen LogP contribution >= 0.6 is 11.3 Å². The molecule has 106 valence electrons. The molecule has 0 saturated carbocycles. The van der Waals surface area contributed by atoms with Crippen LogP contribution in [0.1, 0.15) is 25.6 Å². The van der Waals surface area contributed by atoms with Crippen LogP contribution in [0.3, 0.4) is 0 Å². The van der Waals surface area contributed by atoms with Crippen LogP contribution in [0, 0.1) is 6.92 Å². The molecule has 0 aliphatic rings. The first-order valence-corrected chi connectivity index (χ1v) is 6.95. The van der Waals surface area contributed by atoms with E-state index in [0.29, 0.717) is 16.1 Å². The maximum Gasteiger partial charge on any atom is 0.338 e. The second-order valence-electron chi connectivity index (χ2n) is 4.45. The largest absolute Gasteiger partial charge is 0.478 e. The van der Waals surface area contributed by atoms with Gasteiger partial charge in [0.1, 0.15) is 5.00 Å². The smallest absolute Gasteiger partial charge is 0.338 e. The number of aryl methyl sites for hydroxylation is 1. The van der Waals surface area contributed by atoms with Crippen LogP contribution in [0.15, 0.2) is 36.7 Å². The Hall–Kier alpha value is -2.67. The summed E-state index contributed by atoms with van der Waals surface area (Å²) in [6, 6.07) is 6.94. The summed E-state index contributed by atoms with van der Waals surface area (Å²) >= 11 is 1.23. The van der Waals surface area contributed by atoms with Gasteiger partial charge in [0.15, 0.2) is 0 Å². The summed E-state index contributed by atoms with van der Waals surface area (Å²) in [7, 11) is 0. The van der Waals surface area contributed by atoms with Gasteiger partial charge in [-0.05, 0) is 25.1 Å². The molecular formula is C14H11N3O3S. The minimum absolute atomic E-state index is 0.0994. The summed E-state index contributed by atoms with van der Waals surface area (Å²) in [5.74, 6) is -1.44. The number of aromatic carboxylic acids is 1. The number of nitrogens with zero attached hydrogens (tertiary/aromatic N) is 2. The zero-order valence-corrected chi connectivity index (χ0v) is 11.8. The lowest BCUT2D eigenvalue weighted by molar-refractivity contribution is 0.0698. The fourth-order valence-electron chi connectivity index (χ4n) is 2.05. The van der Waals surface area contributed by atoms with Gasteiger partial charge in [-0.15, -0.1) is 11.3 Å². The Labute approximate surface area is 123 Å². The average molecular weight is 301 g/mol. The van der Waals surface area contributed by atoms with Gasteiger partial charge in [-0.3, -0.25) is 4.79 Å². The zero-order valence-electron chi connectivity index (χ0n) is 11.0. The molecule has 0 atom stereocenters. The molecule has 0 unspecified atom stereocenters. The topological polar surface area (TPSA) is 83.7 Å². The number of rotatable bonds is 3. The molecule has 3 aromatic rings. The summed E-state index contributed by atoms with van der Waals surface area (Å²) < 4.78 is 1.59. The molecule has 21 heavy (non-hydrogen) atoms. The van der Waals surface area contributed by atoms with Crippen molar-refractivity contribution < 1.29 is 14.7 Å². The van der Waals surface area contributed by atoms with E-state index in [2.05, 4.69) is 10.4 Å². The van der Waals surface area contributed by atoms with Crippen LogP contribution in [0.4, 0.5) is 5.00 Å². The Morgan fingerprint density at radius 3 is 2.90 bits per heavy atom. The molecule has 0 radical (unpaired) electrons. The van der Waals surface area contributed by atoms with Crippen molar-refractivity contribution in [2.45, 2.75) is 6.92 Å². The van der Waals surface area contributed by atoms with Crippen molar-refractivity contribution in [2.75, 3.05) is 5.32 Å². The van der Waals surface area contributed by atoms with Gasteiger partial charge in [0.25, 0.3) is 5.91 Å². The SMILES string of the molecule is Cc1cc(C(=O)O)c(NC(=O)c2cnn3ccccc23)s1. The summed E-state index contributed by atoms with van der Waals surface area (Å²) in [5.41, 5.74) is 1.17. The number of thiophene rings is 1. The number of nitrogens with one attached hydrogen (secondary N) is 1. The maximum absolute atomic E-state index is 12.3. The maximum atomic E-state index is 12.3. The number of amides is 1. The Balaban J connectivity index is 1.95. The average Bonchev–Trinajstić information content (AvgIpc) is 3.02. The van der Waals surface area contributed by atoms with Crippen molar-refractivity contribution in [1.29, 1.82) is 0 Å². The minimum atomic E-state index is -1.06. The number of hydrogen-bond acceptors (Lipinski definition) is 4. The van der Waals surface area contributed by atoms with Crippen LogP contribution in [-0.2, 0) is 0 Å². The summed E-state index contributed by atoms with van der Waals surface area (Å²) in [6.07, 6.45) is 3.20. The van der Waals surface area contributed by atoms with Crippen molar-refractivity contribution in [3.8, 4) is 0 Å². The van der Waals surface area contributed by atoms with Gasteiger partial charge in [0.05, 0.1) is 22.8 Å². The van der Waals surface area contributed by atoms with Crippen LogP contribution in [-0.4, -0.2) is 26.6 Å². The van der Waals surface area contributed by atoms with Crippen molar-refractivity contribution in [1.82, 2.24) is 9.61 Å². The normalized spacial score (nSPS) is 10.7. The fraction of sp³-hybridized carbons (Fsp3) is 0.0714. The minimum Gasteiger partial charge on any atom is -0.478 e. The molecule has 0 saturated heterocycles. The molecule has 0 bridgehead atoms. The second-order valence-corrected chi connectivity index (χ2v) is 5.70. The van der Waals surface area contributed by atoms with E-state index in [1.165, 1.54) is 17.5 Å². The van der Waals surface area contributed by atoms with Gasteiger partial charge < -0.3 is 10.4 Å². The molecule has 0 spiro atoms. The first kappa shape index (κ1) is 13.3. The number of carboxylic acids is 1. The molecule has 3 heterocycles. The standard InChI is InChI=1S/C14H11N3O3S/c1-8-6-9(14(19)20)13(21-8)16-12(18)10-7-15-17-5-3-2-4-11(10)17/h2-7H,1H3,(H,16,18)(H,19,20). The Bertz CT molecular complexity index is 850. The first-order valence-electron chi connectivity index (χ1n) is 6.13. The fourth-order valence-corrected chi connectivity index (χ4v) is 2.94. The lowest BCUT2D eigenvalue weighted by Gasteiger charge is -2.02. The van der Waals surface area contributed by atoms with E-state index in [4.69, 9.17) is 5.11 Å².